The van der Waals surface area contributed by atoms with Crippen molar-refractivity contribution < 1.29 is 9.90 Å². The van der Waals surface area contributed by atoms with Crippen molar-refractivity contribution in [2.75, 3.05) is 13.1 Å². The Hall–Kier alpha value is -1.59. The topological polar surface area (TPSA) is 88.1 Å². The number of hydrogen-bond acceptors (Lipinski definition) is 4. The molecule has 1 N–H and O–H groups in total. The van der Waals surface area contributed by atoms with Crippen molar-refractivity contribution in [1.29, 1.82) is 10.5 Å². The smallest absolute Gasteiger partial charge is 0.255 e. The van der Waals surface area contributed by atoms with Crippen LogP contribution in [0.1, 0.15) is 13.8 Å². The van der Waals surface area contributed by atoms with Crippen molar-refractivity contribution in [3.8, 4) is 12.1 Å². The molecule has 0 aromatic carbocycles. The molecule has 13 heavy (non-hydrogen) atoms. The molecule has 1 amide bonds. The SMILES string of the molecule is CC(C)(O)C(=O)N(CC#N)CC#N. The number of hydrogen-bond donors (Lipinski definition) is 1. The van der Waals surface area contributed by atoms with Gasteiger partial charge < -0.3 is 10.0 Å². The minimum Gasteiger partial charge on any atom is -0.381 e. The zero-order chi connectivity index (χ0) is 10.5. The molecule has 0 aliphatic carbocycles. The molecule has 0 spiro atoms. The molecule has 5 nitrogen and oxygen atoms in total. The molecule has 5 heteroatoms. The monoisotopic (exact) mass is 181 g/mol. The molecule has 0 saturated heterocycles. The molecule has 0 saturated carbocycles. The van der Waals surface area contributed by atoms with Gasteiger partial charge in [-0.2, -0.15) is 10.5 Å². The van der Waals surface area contributed by atoms with Crippen LogP contribution in [0.5, 0.6) is 0 Å². The predicted molar refractivity (Wildman–Crippen MR) is 44.1 cm³/mol. The zero-order valence-electron chi connectivity index (χ0n) is 7.61. The second-order valence-electron chi connectivity index (χ2n) is 3.04. The highest BCUT2D eigenvalue weighted by Gasteiger charge is 2.28. The molecule has 0 rings (SSSR count). The molecule has 0 radical (unpaired) electrons. The maximum Gasteiger partial charge on any atom is 0.255 e. The molecular weight excluding hydrogens is 170 g/mol. The van der Waals surface area contributed by atoms with Crippen molar-refractivity contribution in [3.05, 3.63) is 0 Å². The lowest BCUT2D eigenvalue weighted by Gasteiger charge is -2.24. The largest absolute Gasteiger partial charge is 0.381 e. The maximum absolute atomic E-state index is 11.3. The van der Waals surface area contributed by atoms with Crippen molar-refractivity contribution in [2.24, 2.45) is 0 Å². The van der Waals surface area contributed by atoms with Crippen molar-refractivity contribution >= 4 is 5.91 Å². The highest BCUT2D eigenvalue weighted by Crippen LogP contribution is 2.06. The minimum atomic E-state index is -1.53. The van der Waals surface area contributed by atoms with E-state index in [0.29, 0.717) is 0 Å². The third-order valence-electron chi connectivity index (χ3n) is 1.33. The van der Waals surface area contributed by atoms with Gasteiger partial charge in [-0.05, 0) is 13.8 Å². The number of nitrogens with zero attached hydrogens (tertiary/aromatic N) is 3. The Morgan fingerprint density at radius 1 is 1.38 bits per heavy atom. The molecule has 0 fully saturated rings. The van der Waals surface area contributed by atoms with Gasteiger partial charge in [-0.3, -0.25) is 4.79 Å². The predicted octanol–water partition coefficient (Wildman–Crippen LogP) is -0.367. The Morgan fingerprint density at radius 3 is 2.00 bits per heavy atom. The Labute approximate surface area is 76.8 Å². The first-order valence-corrected chi connectivity index (χ1v) is 3.69. The van der Waals surface area contributed by atoms with E-state index >= 15 is 0 Å². The molecule has 0 unspecified atom stereocenters. The summed E-state index contributed by atoms with van der Waals surface area (Å²) in [7, 11) is 0. The van der Waals surface area contributed by atoms with E-state index in [4.69, 9.17) is 10.5 Å². The van der Waals surface area contributed by atoms with Crippen LogP contribution in [0.4, 0.5) is 0 Å². The number of carbonyl (C=O) groups excluding carboxylic acids is 1. The summed E-state index contributed by atoms with van der Waals surface area (Å²) >= 11 is 0. The van der Waals surface area contributed by atoms with Crippen LogP contribution in [0.25, 0.3) is 0 Å². The van der Waals surface area contributed by atoms with E-state index in [-0.39, 0.29) is 13.1 Å². The summed E-state index contributed by atoms with van der Waals surface area (Å²) in [6.07, 6.45) is 0. The van der Waals surface area contributed by atoms with Gasteiger partial charge >= 0.3 is 0 Å². The van der Waals surface area contributed by atoms with E-state index in [9.17, 15) is 9.90 Å². The number of nitriles is 2. The lowest BCUT2D eigenvalue weighted by Crippen LogP contribution is -2.45. The Balaban J connectivity index is 4.50. The number of carbonyl (C=O) groups is 1. The van der Waals surface area contributed by atoms with Gasteiger partial charge in [0.2, 0.25) is 0 Å². The fraction of sp³-hybridized carbons (Fsp3) is 0.625. The Bertz CT molecular complexity index is 251. The summed E-state index contributed by atoms with van der Waals surface area (Å²) in [6, 6.07) is 3.50. The normalized spacial score (nSPS) is 9.92. The first-order valence-electron chi connectivity index (χ1n) is 3.69. The lowest BCUT2D eigenvalue weighted by atomic mass is 10.1. The number of rotatable bonds is 3. The molecule has 0 bridgehead atoms. The van der Waals surface area contributed by atoms with Gasteiger partial charge in [-0.25, -0.2) is 0 Å². The lowest BCUT2D eigenvalue weighted by molar-refractivity contribution is -0.146. The first-order chi connectivity index (χ1) is 5.93. The van der Waals surface area contributed by atoms with Crippen LogP contribution in [-0.4, -0.2) is 34.6 Å². The summed E-state index contributed by atoms with van der Waals surface area (Å²) in [6.45, 7) is 2.26. The van der Waals surface area contributed by atoms with E-state index < -0.39 is 11.5 Å². The minimum absolute atomic E-state index is 0.184. The average Bonchev–Trinajstić information content (AvgIpc) is 2.01. The van der Waals surface area contributed by atoms with Crippen LogP contribution < -0.4 is 0 Å². The standard InChI is InChI=1S/C8H11N3O2/c1-8(2,13)7(12)11(5-3-9)6-4-10/h13H,5-6H2,1-2H3. The summed E-state index contributed by atoms with van der Waals surface area (Å²) in [4.78, 5) is 12.3. The molecule has 0 heterocycles. The third-order valence-corrected chi connectivity index (χ3v) is 1.33. The van der Waals surface area contributed by atoms with Gasteiger partial charge in [0, 0.05) is 0 Å². The second kappa shape index (κ2) is 4.44. The molecule has 0 aliphatic rings. The van der Waals surface area contributed by atoms with Crippen LogP contribution in [0, 0.1) is 22.7 Å². The quantitative estimate of drug-likeness (QED) is 0.602. The van der Waals surface area contributed by atoms with Crippen LogP contribution in [0.15, 0.2) is 0 Å². The van der Waals surface area contributed by atoms with Crippen molar-refractivity contribution in [2.45, 2.75) is 19.4 Å². The van der Waals surface area contributed by atoms with Gasteiger partial charge in [-0.1, -0.05) is 0 Å². The van der Waals surface area contributed by atoms with E-state index in [0.717, 1.165) is 4.90 Å². The summed E-state index contributed by atoms with van der Waals surface area (Å²) in [5.41, 5.74) is -1.53. The third kappa shape index (κ3) is 3.55. The van der Waals surface area contributed by atoms with Crippen LogP contribution in [-0.2, 0) is 4.79 Å². The number of aliphatic hydroxyl groups is 1. The average molecular weight is 181 g/mol. The fourth-order valence-corrected chi connectivity index (χ4v) is 0.757. The van der Waals surface area contributed by atoms with Crippen LogP contribution in [0.3, 0.4) is 0 Å². The van der Waals surface area contributed by atoms with E-state index in [1.54, 1.807) is 12.1 Å². The van der Waals surface area contributed by atoms with E-state index in [1.165, 1.54) is 13.8 Å². The van der Waals surface area contributed by atoms with Gasteiger partial charge in [0.05, 0.1) is 12.1 Å². The molecule has 0 aromatic heterocycles. The maximum atomic E-state index is 11.3. The van der Waals surface area contributed by atoms with Gasteiger partial charge in [0.15, 0.2) is 0 Å². The highest BCUT2D eigenvalue weighted by atomic mass is 16.3. The second-order valence-corrected chi connectivity index (χ2v) is 3.04. The molecule has 0 aromatic rings. The highest BCUT2D eigenvalue weighted by molar-refractivity contribution is 5.84. The van der Waals surface area contributed by atoms with Gasteiger partial charge in [0.1, 0.15) is 18.7 Å². The molecular formula is C8H11N3O2. The van der Waals surface area contributed by atoms with Crippen LogP contribution in [0.2, 0.25) is 0 Å². The van der Waals surface area contributed by atoms with Crippen molar-refractivity contribution in [1.82, 2.24) is 4.90 Å². The molecule has 0 atom stereocenters. The van der Waals surface area contributed by atoms with Crippen LogP contribution >= 0.6 is 0 Å². The molecule has 0 aliphatic heterocycles. The molecule has 70 valence electrons. The van der Waals surface area contributed by atoms with E-state index in [1.807, 2.05) is 0 Å². The fourth-order valence-electron chi connectivity index (χ4n) is 0.757. The first kappa shape index (κ1) is 11.4. The van der Waals surface area contributed by atoms with E-state index in [2.05, 4.69) is 0 Å². The Kier molecular flexibility index (Phi) is 3.90. The summed E-state index contributed by atoms with van der Waals surface area (Å²) < 4.78 is 0. The summed E-state index contributed by atoms with van der Waals surface area (Å²) in [5.74, 6) is -0.615. The Morgan fingerprint density at radius 2 is 1.77 bits per heavy atom. The number of amides is 1. The zero-order valence-corrected chi connectivity index (χ0v) is 7.61. The van der Waals surface area contributed by atoms with Gasteiger partial charge in [0.25, 0.3) is 5.91 Å². The van der Waals surface area contributed by atoms with Gasteiger partial charge in [-0.15, -0.1) is 0 Å². The summed E-state index contributed by atoms with van der Waals surface area (Å²) in [5, 5.41) is 26.0. The van der Waals surface area contributed by atoms with Crippen molar-refractivity contribution in [3.63, 3.8) is 0 Å².